The molecule has 0 radical (unpaired) electrons. The molecule has 0 spiro atoms. The standard InChI is InChI=1S/C23H21NO2/c1-2-26-23(25)21-13-18-12-17-10-6-7-11-19(17)20(18)14-22(21)24-15-16-8-4-3-5-9-16/h3-11,13-14,24H,2,12,15H2,1H3. The SMILES string of the molecule is CCOC(=O)c1cc2c(cc1NCc1ccccc1)-c1ccccc1C2. The van der Waals surface area contributed by atoms with Gasteiger partial charge in [0.1, 0.15) is 0 Å². The van der Waals surface area contributed by atoms with Gasteiger partial charge in [0.25, 0.3) is 0 Å². The van der Waals surface area contributed by atoms with Crippen LogP contribution in [0.1, 0.15) is 34.0 Å². The van der Waals surface area contributed by atoms with Gasteiger partial charge in [0, 0.05) is 12.2 Å². The third kappa shape index (κ3) is 3.08. The van der Waals surface area contributed by atoms with Crippen LogP contribution in [0.2, 0.25) is 0 Å². The summed E-state index contributed by atoms with van der Waals surface area (Å²) in [5, 5.41) is 3.43. The summed E-state index contributed by atoms with van der Waals surface area (Å²) in [6.45, 7) is 2.86. The smallest absolute Gasteiger partial charge is 0.340 e. The number of esters is 1. The van der Waals surface area contributed by atoms with Crippen molar-refractivity contribution in [3.8, 4) is 11.1 Å². The van der Waals surface area contributed by atoms with E-state index in [0.29, 0.717) is 18.7 Å². The Bertz CT molecular complexity index is 948. The molecule has 3 aromatic carbocycles. The molecule has 3 aromatic rings. The van der Waals surface area contributed by atoms with E-state index in [2.05, 4.69) is 47.8 Å². The zero-order valence-corrected chi connectivity index (χ0v) is 14.8. The number of benzene rings is 3. The fourth-order valence-corrected chi connectivity index (χ4v) is 3.50. The van der Waals surface area contributed by atoms with Gasteiger partial charge in [-0.2, -0.15) is 0 Å². The number of fused-ring (bicyclic) bond motifs is 3. The highest BCUT2D eigenvalue weighted by atomic mass is 16.5. The molecular formula is C23H21NO2. The Morgan fingerprint density at radius 3 is 2.54 bits per heavy atom. The van der Waals surface area contributed by atoms with Gasteiger partial charge in [0.2, 0.25) is 0 Å². The van der Waals surface area contributed by atoms with Crippen LogP contribution in [-0.2, 0) is 17.7 Å². The quantitative estimate of drug-likeness (QED) is 0.516. The molecule has 0 unspecified atom stereocenters. The first-order chi connectivity index (χ1) is 12.8. The topological polar surface area (TPSA) is 38.3 Å². The van der Waals surface area contributed by atoms with E-state index in [1.807, 2.05) is 31.2 Å². The zero-order chi connectivity index (χ0) is 17.9. The van der Waals surface area contributed by atoms with Crippen molar-refractivity contribution in [2.75, 3.05) is 11.9 Å². The summed E-state index contributed by atoms with van der Waals surface area (Å²) in [5.41, 5.74) is 7.53. The summed E-state index contributed by atoms with van der Waals surface area (Å²) >= 11 is 0. The molecular weight excluding hydrogens is 322 g/mol. The molecule has 3 heteroatoms. The van der Waals surface area contributed by atoms with Crippen LogP contribution in [0.3, 0.4) is 0 Å². The molecule has 0 aromatic heterocycles. The maximum Gasteiger partial charge on any atom is 0.340 e. The molecule has 0 saturated heterocycles. The molecule has 0 fully saturated rings. The van der Waals surface area contributed by atoms with E-state index in [4.69, 9.17) is 4.74 Å². The molecule has 130 valence electrons. The van der Waals surface area contributed by atoms with Gasteiger partial charge in [-0.05, 0) is 53.3 Å². The van der Waals surface area contributed by atoms with Crippen LogP contribution in [0.4, 0.5) is 5.69 Å². The van der Waals surface area contributed by atoms with Gasteiger partial charge in [-0.15, -0.1) is 0 Å². The number of ether oxygens (including phenoxy) is 1. The summed E-state index contributed by atoms with van der Waals surface area (Å²) in [6, 6.07) is 22.7. The van der Waals surface area contributed by atoms with E-state index in [1.165, 1.54) is 27.8 Å². The second-order valence-electron chi connectivity index (χ2n) is 6.45. The van der Waals surface area contributed by atoms with Gasteiger partial charge < -0.3 is 10.1 Å². The van der Waals surface area contributed by atoms with Crippen LogP contribution in [-0.4, -0.2) is 12.6 Å². The van der Waals surface area contributed by atoms with E-state index >= 15 is 0 Å². The lowest BCUT2D eigenvalue weighted by Crippen LogP contribution is -2.10. The monoisotopic (exact) mass is 343 g/mol. The highest BCUT2D eigenvalue weighted by Gasteiger charge is 2.23. The van der Waals surface area contributed by atoms with Gasteiger partial charge in [0.05, 0.1) is 12.2 Å². The molecule has 26 heavy (non-hydrogen) atoms. The lowest BCUT2D eigenvalue weighted by molar-refractivity contribution is 0.0527. The number of carbonyl (C=O) groups excluding carboxylic acids is 1. The van der Waals surface area contributed by atoms with Crippen molar-refractivity contribution >= 4 is 11.7 Å². The lowest BCUT2D eigenvalue weighted by atomic mass is 10.0. The largest absolute Gasteiger partial charge is 0.462 e. The number of carbonyl (C=O) groups is 1. The number of rotatable bonds is 5. The predicted molar refractivity (Wildman–Crippen MR) is 104 cm³/mol. The summed E-state index contributed by atoms with van der Waals surface area (Å²) in [5.74, 6) is -0.276. The lowest BCUT2D eigenvalue weighted by Gasteiger charge is -2.14. The summed E-state index contributed by atoms with van der Waals surface area (Å²) in [6.07, 6.45) is 0.858. The molecule has 0 saturated carbocycles. The first-order valence-electron chi connectivity index (χ1n) is 8.96. The highest BCUT2D eigenvalue weighted by Crippen LogP contribution is 2.39. The molecule has 1 aliphatic rings. The minimum absolute atomic E-state index is 0.276. The van der Waals surface area contributed by atoms with Crippen molar-refractivity contribution in [2.45, 2.75) is 19.9 Å². The Kier molecular flexibility index (Phi) is 4.44. The van der Waals surface area contributed by atoms with E-state index in [-0.39, 0.29) is 5.97 Å². The van der Waals surface area contributed by atoms with Crippen molar-refractivity contribution in [2.24, 2.45) is 0 Å². The second kappa shape index (κ2) is 7.04. The Morgan fingerprint density at radius 1 is 0.962 bits per heavy atom. The number of hydrogen-bond donors (Lipinski definition) is 1. The maximum atomic E-state index is 12.5. The van der Waals surface area contributed by atoms with Gasteiger partial charge in [-0.3, -0.25) is 0 Å². The molecule has 0 amide bonds. The number of nitrogens with one attached hydrogen (secondary N) is 1. The van der Waals surface area contributed by atoms with Crippen LogP contribution >= 0.6 is 0 Å². The van der Waals surface area contributed by atoms with Crippen LogP contribution in [0.25, 0.3) is 11.1 Å². The van der Waals surface area contributed by atoms with Crippen molar-refractivity contribution < 1.29 is 9.53 Å². The fourth-order valence-electron chi connectivity index (χ4n) is 3.50. The van der Waals surface area contributed by atoms with Crippen LogP contribution in [0, 0.1) is 0 Å². The van der Waals surface area contributed by atoms with Gasteiger partial charge in [-0.1, -0.05) is 54.6 Å². The average Bonchev–Trinajstić information content (AvgIpc) is 3.04. The Hall–Kier alpha value is -3.07. The number of anilines is 1. The fraction of sp³-hybridized carbons (Fsp3) is 0.174. The van der Waals surface area contributed by atoms with Crippen molar-refractivity contribution in [1.29, 1.82) is 0 Å². The van der Waals surface area contributed by atoms with Crippen LogP contribution in [0.5, 0.6) is 0 Å². The van der Waals surface area contributed by atoms with Gasteiger partial charge in [-0.25, -0.2) is 4.79 Å². The van der Waals surface area contributed by atoms with E-state index in [1.54, 1.807) is 0 Å². The van der Waals surface area contributed by atoms with E-state index in [0.717, 1.165) is 12.1 Å². The first-order valence-corrected chi connectivity index (χ1v) is 8.96. The highest BCUT2D eigenvalue weighted by molar-refractivity contribution is 5.98. The predicted octanol–water partition coefficient (Wildman–Crippen LogP) is 5.05. The molecule has 1 aliphatic carbocycles. The summed E-state index contributed by atoms with van der Waals surface area (Å²) in [7, 11) is 0. The third-order valence-electron chi connectivity index (χ3n) is 4.75. The molecule has 1 N–H and O–H groups in total. The molecule has 0 atom stereocenters. The second-order valence-corrected chi connectivity index (χ2v) is 6.45. The van der Waals surface area contributed by atoms with Gasteiger partial charge in [0.15, 0.2) is 0 Å². The summed E-state index contributed by atoms with van der Waals surface area (Å²) in [4.78, 5) is 12.5. The first kappa shape index (κ1) is 16.4. The van der Waals surface area contributed by atoms with Crippen molar-refractivity contribution in [3.05, 3.63) is 89.0 Å². The van der Waals surface area contributed by atoms with Crippen molar-refractivity contribution in [1.82, 2.24) is 0 Å². The molecule has 3 nitrogen and oxygen atoms in total. The van der Waals surface area contributed by atoms with Crippen LogP contribution < -0.4 is 5.32 Å². The Balaban J connectivity index is 1.72. The normalized spacial score (nSPS) is 11.6. The van der Waals surface area contributed by atoms with Crippen LogP contribution in [0.15, 0.2) is 66.7 Å². The zero-order valence-electron chi connectivity index (χ0n) is 14.8. The maximum absolute atomic E-state index is 12.5. The molecule has 4 rings (SSSR count). The molecule has 0 bridgehead atoms. The Labute approximate surface area is 153 Å². The molecule has 0 aliphatic heterocycles. The average molecular weight is 343 g/mol. The van der Waals surface area contributed by atoms with Crippen molar-refractivity contribution in [3.63, 3.8) is 0 Å². The summed E-state index contributed by atoms with van der Waals surface area (Å²) < 4.78 is 5.28. The van der Waals surface area contributed by atoms with E-state index in [9.17, 15) is 4.79 Å². The third-order valence-corrected chi connectivity index (χ3v) is 4.75. The Morgan fingerprint density at radius 2 is 1.73 bits per heavy atom. The number of hydrogen-bond acceptors (Lipinski definition) is 3. The molecule has 0 heterocycles. The minimum Gasteiger partial charge on any atom is -0.462 e. The van der Waals surface area contributed by atoms with E-state index < -0.39 is 0 Å². The van der Waals surface area contributed by atoms with Gasteiger partial charge >= 0.3 is 5.97 Å². The minimum atomic E-state index is -0.276.